The van der Waals surface area contributed by atoms with E-state index in [1.807, 2.05) is 0 Å². The van der Waals surface area contributed by atoms with Gasteiger partial charge in [-0.15, -0.1) is 0 Å². The summed E-state index contributed by atoms with van der Waals surface area (Å²) in [5.41, 5.74) is 6.80. The van der Waals surface area contributed by atoms with Gasteiger partial charge < -0.3 is 0 Å². The summed E-state index contributed by atoms with van der Waals surface area (Å²) in [5.74, 6) is 0. The average Bonchev–Trinajstić information content (AvgIpc) is 2.16. The third kappa shape index (κ3) is 2.42. The Bertz CT molecular complexity index is 98.5. The zero-order valence-corrected chi connectivity index (χ0v) is 8.30. The van der Waals surface area contributed by atoms with E-state index in [0.717, 1.165) is 26.2 Å². The van der Waals surface area contributed by atoms with E-state index in [-0.39, 0.29) is 0 Å². The van der Waals surface area contributed by atoms with Crippen molar-refractivity contribution in [3.63, 3.8) is 0 Å². The van der Waals surface area contributed by atoms with Gasteiger partial charge in [-0.05, 0) is 6.42 Å². The van der Waals surface area contributed by atoms with Crippen molar-refractivity contribution < 1.29 is 0 Å². The highest BCUT2D eigenvalue weighted by Crippen LogP contribution is 1.99. The Kier molecular flexibility index (Phi) is 3.94. The standard InChI is InChI=1S/C8H20N4/c1-4-8-9-11(5-2)7-12(6-3)10-8/h8-10H,4-7H2,1-3H3. The lowest BCUT2D eigenvalue weighted by atomic mass is 10.4. The van der Waals surface area contributed by atoms with Crippen molar-refractivity contribution in [3.05, 3.63) is 0 Å². The summed E-state index contributed by atoms with van der Waals surface area (Å²) in [5, 5.41) is 4.46. The summed E-state index contributed by atoms with van der Waals surface area (Å²) in [6.07, 6.45) is 1.51. The first-order valence-corrected chi connectivity index (χ1v) is 4.82. The summed E-state index contributed by atoms with van der Waals surface area (Å²) in [7, 11) is 0. The lowest BCUT2D eigenvalue weighted by Crippen LogP contribution is -2.65. The van der Waals surface area contributed by atoms with Gasteiger partial charge in [0.15, 0.2) is 0 Å². The molecule has 0 aromatic carbocycles. The van der Waals surface area contributed by atoms with Gasteiger partial charge in [-0.2, -0.15) is 0 Å². The molecule has 1 aliphatic rings. The molecular weight excluding hydrogens is 152 g/mol. The topological polar surface area (TPSA) is 30.5 Å². The summed E-state index contributed by atoms with van der Waals surface area (Å²) in [6, 6.07) is 0. The first-order chi connectivity index (χ1) is 5.80. The largest absolute Gasteiger partial charge is 0.236 e. The van der Waals surface area contributed by atoms with Crippen LogP contribution in [0.3, 0.4) is 0 Å². The Hall–Kier alpha value is -0.160. The lowest BCUT2D eigenvalue weighted by molar-refractivity contribution is -0.0374. The first kappa shape index (κ1) is 9.92. The Labute approximate surface area is 74.8 Å². The second-order valence-corrected chi connectivity index (χ2v) is 3.07. The summed E-state index contributed by atoms with van der Waals surface area (Å²) in [6.45, 7) is 9.57. The molecule has 4 heteroatoms. The third-order valence-corrected chi connectivity index (χ3v) is 2.19. The molecule has 0 aromatic heterocycles. The summed E-state index contributed by atoms with van der Waals surface area (Å²) < 4.78 is 0. The van der Waals surface area contributed by atoms with Gasteiger partial charge in [-0.25, -0.2) is 20.9 Å². The predicted molar refractivity (Wildman–Crippen MR) is 50.0 cm³/mol. The molecule has 12 heavy (non-hydrogen) atoms. The van der Waals surface area contributed by atoms with Gasteiger partial charge in [0.1, 0.15) is 0 Å². The number of nitrogens with zero attached hydrogens (tertiary/aromatic N) is 2. The van der Waals surface area contributed by atoms with Crippen LogP contribution in [0.2, 0.25) is 0 Å². The average molecular weight is 172 g/mol. The Morgan fingerprint density at radius 3 is 1.92 bits per heavy atom. The molecule has 0 amide bonds. The highest BCUT2D eigenvalue weighted by molar-refractivity contribution is 4.65. The predicted octanol–water partition coefficient (Wildman–Crippen LogP) is 0.347. The minimum atomic E-state index is 0.402. The van der Waals surface area contributed by atoms with Crippen LogP contribution in [-0.2, 0) is 0 Å². The van der Waals surface area contributed by atoms with Crippen molar-refractivity contribution in [2.45, 2.75) is 33.4 Å². The SMILES string of the molecule is CCC1NN(CC)CN(CC)N1. The molecule has 0 radical (unpaired) electrons. The van der Waals surface area contributed by atoms with Crippen molar-refractivity contribution in [3.8, 4) is 0 Å². The Balaban J connectivity index is 2.41. The van der Waals surface area contributed by atoms with Crippen LogP contribution in [0.4, 0.5) is 0 Å². The number of hydrogen-bond donors (Lipinski definition) is 2. The van der Waals surface area contributed by atoms with Crippen LogP contribution >= 0.6 is 0 Å². The second-order valence-electron chi connectivity index (χ2n) is 3.07. The van der Waals surface area contributed by atoms with Crippen LogP contribution in [0.1, 0.15) is 27.2 Å². The van der Waals surface area contributed by atoms with E-state index in [1.165, 1.54) is 0 Å². The fourth-order valence-corrected chi connectivity index (χ4v) is 1.32. The molecule has 72 valence electrons. The van der Waals surface area contributed by atoms with Crippen LogP contribution in [-0.4, -0.2) is 35.9 Å². The van der Waals surface area contributed by atoms with Gasteiger partial charge in [0.05, 0.1) is 12.8 Å². The van der Waals surface area contributed by atoms with Crippen molar-refractivity contribution in [2.24, 2.45) is 0 Å². The molecule has 1 heterocycles. The van der Waals surface area contributed by atoms with E-state index < -0.39 is 0 Å². The van der Waals surface area contributed by atoms with Gasteiger partial charge in [-0.1, -0.05) is 20.8 Å². The van der Waals surface area contributed by atoms with Crippen LogP contribution in [0, 0.1) is 0 Å². The Morgan fingerprint density at radius 1 is 1.08 bits per heavy atom. The molecule has 2 N–H and O–H groups in total. The van der Waals surface area contributed by atoms with Gasteiger partial charge >= 0.3 is 0 Å². The number of nitrogens with one attached hydrogen (secondary N) is 2. The molecule has 0 aromatic rings. The minimum Gasteiger partial charge on any atom is -0.236 e. The smallest absolute Gasteiger partial charge is 0.0835 e. The van der Waals surface area contributed by atoms with Gasteiger partial charge in [0, 0.05) is 13.1 Å². The quantitative estimate of drug-likeness (QED) is 0.643. The molecule has 0 bridgehead atoms. The second kappa shape index (κ2) is 4.77. The number of hydrogen-bond acceptors (Lipinski definition) is 4. The highest BCUT2D eigenvalue weighted by atomic mass is 15.7. The molecule has 0 unspecified atom stereocenters. The van der Waals surface area contributed by atoms with Gasteiger partial charge in [0.25, 0.3) is 0 Å². The van der Waals surface area contributed by atoms with Crippen molar-refractivity contribution in [1.29, 1.82) is 0 Å². The van der Waals surface area contributed by atoms with E-state index >= 15 is 0 Å². The summed E-state index contributed by atoms with van der Waals surface area (Å²) in [4.78, 5) is 0. The molecule has 0 atom stereocenters. The van der Waals surface area contributed by atoms with E-state index in [0.29, 0.717) is 6.17 Å². The third-order valence-electron chi connectivity index (χ3n) is 2.19. The first-order valence-electron chi connectivity index (χ1n) is 4.82. The van der Waals surface area contributed by atoms with Crippen LogP contribution in [0.15, 0.2) is 0 Å². The number of hydrazine groups is 2. The van der Waals surface area contributed by atoms with E-state index in [2.05, 4.69) is 41.6 Å². The van der Waals surface area contributed by atoms with Crippen LogP contribution < -0.4 is 10.9 Å². The van der Waals surface area contributed by atoms with Gasteiger partial charge in [0.2, 0.25) is 0 Å². The van der Waals surface area contributed by atoms with E-state index in [1.54, 1.807) is 0 Å². The molecule has 1 rings (SSSR count). The molecule has 1 saturated heterocycles. The van der Waals surface area contributed by atoms with E-state index in [9.17, 15) is 0 Å². The molecule has 0 spiro atoms. The molecule has 4 nitrogen and oxygen atoms in total. The Morgan fingerprint density at radius 2 is 1.58 bits per heavy atom. The van der Waals surface area contributed by atoms with Crippen LogP contribution in [0.5, 0.6) is 0 Å². The number of rotatable bonds is 3. The minimum absolute atomic E-state index is 0.402. The fraction of sp³-hybridized carbons (Fsp3) is 1.00. The molecule has 0 saturated carbocycles. The maximum absolute atomic E-state index is 3.40. The molecule has 1 aliphatic heterocycles. The van der Waals surface area contributed by atoms with Crippen molar-refractivity contribution in [1.82, 2.24) is 20.9 Å². The maximum Gasteiger partial charge on any atom is 0.0835 e. The molecule has 1 fully saturated rings. The van der Waals surface area contributed by atoms with Gasteiger partial charge in [-0.3, -0.25) is 0 Å². The zero-order chi connectivity index (χ0) is 8.97. The monoisotopic (exact) mass is 172 g/mol. The van der Waals surface area contributed by atoms with Crippen molar-refractivity contribution in [2.75, 3.05) is 19.8 Å². The lowest BCUT2D eigenvalue weighted by Gasteiger charge is -2.40. The highest BCUT2D eigenvalue weighted by Gasteiger charge is 2.19. The molecular formula is C8H20N4. The maximum atomic E-state index is 3.40. The van der Waals surface area contributed by atoms with Crippen molar-refractivity contribution >= 4 is 0 Å². The van der Waals surface area contributed by atoms with Crippen LogP contribution in [0.25, 0.3) is 0 Å². The zero-order valence-electron chi connectivity index (χ0n) is 8.30. The molecule has 0 aliphatic carbocycles. The normalized spacial score (nSPS) is 23.2. The van der Waals surface area contributed by atoms with E-state index in [4.69, 9.17) is 0 Å². The summed E-state index contributed by atoms with van der Waals surface area (Å²) >= 11 is 0. The fourth-order valence-electron chi connectivity index (χ4n) is 1.32.